The summed E-state index contributed by atoms with van der Waals surface area (Å²) in [5.41, 5.74) is 14.5. The van der Waals surface area contributed by atoms with Crippen LogP contribution in [-0.2, 0) is 73.1 Å². The van der Waals surface area contributed by atoms with Crippen LogP contribution in [0.4, 0.5) is 0 Å². The summed E-state index contributed by atoms with van der Waals surface area (Å²) in [6, 6.07) is 75.1. The van der Waals surface area contributed by atoms with Gasteiger partial charge >= 0.3 is 21.6 Å². The predicted molar refractivity (Wildman–Crippen MR) is 443 cm³/mol. The van der Waals surface area contributed by atoms with E-state index in [1.165, 1.54) is 50.1 Å². The van der Waals surface area contributed by atoms with Gasteiger partial charge in [-0.2, -0.15) is 0 Å². The maximum atomic E-state index is 6.90. The Labute approximate surface area is 644 Å². The van der Waals surface area contributed by atoms with Crippen molar-refractivity contribution < 1.29 is 42.0 Å². The summed E-state index contributed by atoms with van der Waals surface area (Å²) < 4.78 is 59.2. The largest absolute Gasteiger partial charge is 0.530 e. The third-order valence-corrected chi connectivity index (χ3v) is 22.8. The lowest BCUT2D eigenvalue weighted by molar-refractivity contribution is -0.366. The molecule has 0 bridgehead atoms. The Hall–Kier alpha value is -7.75. The van der Waals surface area contributed by atoms with Crippen molar-refractivity contribution in [2.75, 3.05) is 26.4 Å². The highest BCUT2D eigenvalue weighted by atomic mass is 31.2. The van der Waals surface area contributed by atoms with E-state index in [0.717, 1.165) is 56.6 Å². The fourth-order valence-electron chi connectivity index (χ4n) is 14.0. The van der Waals surface area contributed by atoms with Crippen molar-refractivity contribution in [3.05, 3.63) is 290 Å². The molecular weight excluding hydrogens is 1340 g/mol. The fraction of sp³-hybridized carbons (Fsp3) is 0.443. The second kappa shape index (κ2) is 31.3. The molecule has 0 radical (unpaired) electrons. The molecular formula is C97H123O9P. The van der Waals surface area contributed by atoms with Crippen molar-refractivity contribution in [3.8, 4) is 28.7 Å². The van der Waals surface area contributed by atoms with Gasteiger partial charge in [0.05, 0.1) is 31.8 Å². The monoisotopic (exact) mass is 1460 g/mol. The number of ether oxygens (including phenoxy) is 6. The second-order valence-electron chi connectivity index (χ2n) is 38.1. The molecule has 0 N–H and O–H groups in total. The molecule has 9 aromatic rings. The van der Waals surface area contributed by atoms with Crippen LogP contribution in [0.3, 0.4) is 0 Å². The molecule has 2 aliphatic heterocycles. The van der Waals surface area contributed by atoms with Gasteiger partial charge in [-0.05, 0) is 113 Å². The van der Waals surface area contributed by atoms with Crippen molar-refractivity contribution in [1.82, 2.24) is 0 Å². The summed E-state index contributed by atoms with van der Waals surface area (Å²) in [7, 11) is -1.89. The van der Waals surface area contributed by atoms with Gasteiger partial charge in [0.25, 0.3) is 0 Å². The molecule has 570 valence electrons. The lowest BCUT2D eigenvalue weighted by atomic mass is 9.73. The minimum absolute atomic E-state index is 0.0170. The molecule has 2 fully saturated rings. The van der Waals surface area contributed by atoms with E-state index in [2.05, 4.69) is 380 Å². The van der Waals surface area contributed by atoms with E-state index in [4.69, 9.17) is 42.0 Å². The first-order chi connectivity index (χ1) is 49.8. The first-order valence-corrected chi connectivity index (χ1v) is 39.5. The van der Waals surface area contributed by atoms with E-state index in [9.17, 15) is 0 Å². The van der Waals surface area contributed by atoms with Crippen molar-refractivity contribution in [3.63, 3.8) is 0 Å². The van der Waals surface area contributed by atoms with E-state index >= 15 is 0 Å². The van der Waals surface area contributed by atoms with Gasteiger partial charge in [0.1, 0.15) is 28.7 Å². The molecule has 1 spiro atoms. The average Bonchev–Trinajstić information content (AvgIpc) is 0.768. The maximum absolute atomic E-state index is 6.90. The van der Waals surface area contributed by atoms with E-state index < -0.39 is 27.0 Å². The summed E-state index contributed by atoms with van der Waals surface area (Å²) in [5.74, 6) is 3.82. The molecule has 10 heteroatoms. The van der Waals surface area contributed by atoms with Crippen LogP contribution in [0.25, 0.3) is 0 Å². The third kappa shape index (κ3) is 19.3. The standard InChI is InChI=1S/C55H60O6.C42H63O3P/c1-51(2,39-21-13-9-14-22-39)43-29-31-47(45(33-43)53(5,6)41-25-17-11-18-26-41)60-49-56-35-55(36-57-49)37-58-50(59-38-55)61-48-32-30-44(52(3,4)40-23-15-10-16-24-40)34-46(48)54(7,8)42-27-19-12-20-28-42;1-37(2,3)28-19-22-34(31(25-28)40(10,11)12)43-46(44-35-23-20-29(38(4,5)6)26-32(35)41(13,14)15)45-36-24-21-30(39(7,8)9)27-33(36)42(16,17)18/h9-34,49-50H,35-38H2,1-8H3;19-27H,1-18H3. The number of benzene rings is 9. The van der Waals surface area contributed by atoms with Gasteiger partial charge in [0.15, 0.2) is 0 Å². The Bertz CT molecular complexity index is 4080. The minimum Gasteiger partial charge on any atom is -0.441 e. The molecule has 0 aliphatic carbocycles. The summed E-state index contributed by atoms with van der Waals surface area (Å²) in [6.45, 7) is 58.0. The smallest absolute Gasteiger partial charge is 0.441 e. The molecule has 107 heavy (non-hydrogen) atoms. The first-order valence-electron chi connectivity index (χ1n) is 38.4. The fourth-order valence-corrected chi connectivity index (χ4v) is 15.1. The molecule has 9 aromatic carbocycles. The number of hydrogen-bond acceptors (Lipinski definition) is 9. The van der Waals surface area contributed by atoms with E-state index in [1.54, 1.807) is 0 Å². The molecule has 0 amide bonds. The molecule has 2 saturated heterocycles. The van der Waals surface area contributed by atoms with Crippen LogP contribution < -0.4 is 23.0 Å². The van der Waals surface area contributed by atoms with Crippen LogP contribution >= 0.6 is 8.60 Å². The minimum atomic E-state index is -1.89. The molecule has 9 nitrogen and oxygen atoms in total. The van der Waals surface area contributed by atoms with Crippen molar-refractivity contribution in [1.29, 1.82) is 0 Å². The Kier molecular flexibility index (Phi) is 23.9. The van der Waals surface area contributed by atoms with Gasteiger partial charge in [-0.1, -0.05) is 362 Å². The zero-order chi connectivity index (χ0) is 78.1. The Morgan fingerprint density at radius 1 is 0.243 bits per heavy atom. The van der Waals surface area contributed by atoms with Gasteiger partial charge < -0.3 is 42.0 Å². The van der Waals surface area contributed by atoms with Crippen LogP contribution in [0.15, 0.2) is 212 Å². The highest BCUT2D eigenvalue weighted by molar-refractivity contribution is 7.43. The van der Waals surface area contributed by atoms with E-state index in [-0.39, 0.29) is 54.1 Å². The van der Waals surface area contributed by atoms with Gasteiger partial charge in [-0.3, -0.25) is 0 Å². The quantitative estimate of drug-likeness (QED) is 0.0780. The lowest BCUT2D eigenvalue weighted by Gasteiger charge is -2.43. The highest BCUT2D eigenvalue weighted by Gasteiger charge is 2.45. The van der Waals surface area contributed by atoms with Gasteiger partial charge in [0, 0.05) is 49.5 Å². The zero-order valence-electron chi connectivity index (χ0n) is 69.3. The summed E-state index contributed by atoms with van der Waals surface area (Å²) in [6.07, 6.45) is 0. The number of hydrogen-bond donors (Lipinski definition) is 0. The predicted octanol–water partition coefficient (Wildman–Crippen LogP) is 25.3. The van der Waals surface area contributed by atoms with Crippen LogP contribution in [0.2, 0.25) is 0 Å². The summed E-state index contributed by atoms with van der Waals surface area (Å²) in [4.78, 5) is 0. The van der Waals surface area contributed by atoms with Crippen LogP contribution in [0.1, 0.15) is 258 Å². The molecule has 0 atom stereocenters. The van der Waals surface area contributed by atoms with E-state index in [0.29, 0.717) is 26.4 Å². The average molecular weight is 1460 g/mol. The Balaban J connectivity index is 0.000000239. The topological polar surface area (TPSA) is 83.1 Å². The summed E-state index contributed by atoms with van der Waals surface area (Å²) >= 11 is 0. The van der Waals surface area contributed by atoms with Gasteiger partial charge in [0.2, 0.25) is 0 Å². The molecule has 0 aromatic heterocycles. The van der Waals surface area contributed by atoms with Gasteiger partial charge in [-0.15, -0.1) is 0 Å². The van der Waals surface area contributed by atoms with E-state index in [1.807, 2.05) is 12.1 Å². The third-order valence-electron chi connectivity index (χ3n) is 21.8. The van der Waals surface area contributed by atoms with Crippen molar-refractivity contribution in [2.24, 2.45) is 5.41 Å². The molecule has 0 saturated carbocycles. The zero-order valence-corrected chi connectivity index (χ0v) is 70.2. The van der Waals surface area contributed by atoms with Crippen LogP contribution in [0.5, 0.6) is 28.7 Å². The van der Waals surface area contributed by atoms with Crippen molar-refractivity contribution in [2.45, 2.75) is 247 Å². The SMILES string of the molecule is CC(C)(C)c1ccc(OP(Oc2ccc(C(C)(C)C)cc2C(C)(C)C)Oc2ccc(C(C)(C)C)cc2C(C)(C)C)c(C(C)(C)C)c1.CC(C)(c1ccccc1)c1ccc(OC2OCC3(CO2)COC(Oc2ccc(C(C)(C)c4ccccc4)cc2C(C)(C)c2ccccc2)OC3)c(C(C)(C)c2ccccc2)c1. The number of rotatable bonds is 18. The molecule has 0 unspecified atom stereocenters. The molecule has 2 heterocycles. The second-order valence-corrected chi connectivity index (χ2v) is 39.1. The van der Waals surface area contributed by atoms with Crippen molar-refractivity contribution >= 4 is 8.60 Å². The highest BCUT2D eigenvalue weighted by Crippen LogP contribution is 2.52. The van der Waals surface area contributed by atoms with Crippen LogP contribution in [0, 0.1) is 5.41 Å². The lowest BCUT2D eigenvalue weighted by Crippen LogP contribution is -2.54. The Morgan fingerprint density at radius 2 is 0.467 bits per heavy atom. The maximum Gasteiger partial charge on any atom is 0.530 e. The van der Waals surface area contributed by atoms with Gasteiger partial charge in [-0.25, -0.2) is 0 Å². The molecule has 11 rings (SSSR count). The summed E-state index contributed by atoms with van der Waals surface area (Å²) in [5, 5.41) is 0. The van der Waals surface area contributed by atoms with Crippen LogP contribution in [-0.4, -0.2) is 39.4 Å². The Morgan fingerprint density at radius 3 is 0.710 bits per heavy atom. The molecule has 2 aliphatic rings. The first kappa shape index (κ1) is 81.8. The normalized spacial score (nSPS) is 17.3.